The van der Waals surface area contributed by atoms with Crippen molar-refractivity contribution in [2.24, 2.45) is 0 Å². The lowest BCUT2D eigenvalue weighted by molar-refractivity contribution is -0.137. The smallest absolute Gasteiger partial charge is 0.323 e. The SMILES string of the molecule is Cc1ccc(NS(=O)(=O)CCc2c(C)n(CC(=O)O)c3ccccc23)c(N)c1. The minimum absolute atomic E-state index is 0.137. The number of fused-ring (bicyclic) bond motifs is 1. The molecule has 0 aliphatic heterocycles. The first-order valence-electron chi connectivity index (χ1n) is 8.83. The first kappa shape index (κ1) is 19.8. The molecule has 0 aliphatic carbocycles. The Morgan fingerprint density at radius 3 is 2.57 bits per heavy atom. The molecule has 0 spiro atoms. The fourth-order valence-electron chi connectivity index (χ4n) is 3.39. The topological polar surface area (TPSA) is 114 Å². The lowest BCUT2D eigenvalue weighted by Crippen LogP contribution is -2.19. The number of anilines is 2. The van der Waals surface area contributed by atoms with Gasteiger partial charge < -0.3 is 15.4 Å². The number of aliphatic carboxylic acids is 1. The van der Waals surface area contributed by atoms with Gasteiger partial charge in [-0.15, -0.1) is 0 Å². The van der Waals surface area contributed by atoms with E-state index < -0.39 is 16.0 Å². The number of carboxylic acids is 1. The van der Waals surface area contributed by atoms with Crippen molar-refractivity contribution in [2.45, 2.75) is 26.8 Å². The van der Waals surface area contributed by atoms with Crippen LogP contribution in [-0.2, 0) is 27.8 Å². The Bertz CT molecular complexity index is 1150. The van der Waals surface area contributed by atoms with E-state index in [1.54, 1.807) is 22.8 Å². The van der Waals surface area contributed by atoms with Crippen LogP contribution in [0.3, 0.4) is 0 Å². The van der Waals surface area contributed by atoms with Gasteiger partial charge in [0, 0.05) is 16.6 Å². The Morgan fingerprint density at radius 2 is 1.89 bits per heavy atom. The predicted molar refractivity (Wildman–Crippen MR) is 111 cm³/mol. The fraction of sp³-hybridized carbons (Fsp3) is 0.250. The second-order valence-electron chi connectivity index (χ2n) is 6.82. The summed E-state index contributed by atoms with van der Waals surface area (Å²) in [4.78, 5) is 11.2. The molecule has 0 aliphatic rings. The van der Waals surface area contributed by atoms with Crippen LogP contribution in [0, 0.1) is 13.8 Å². The number of para-hydroxylation sites is 1. The van der Waals surface area contributed by atoms with Gasteiger partial charge in [0.05, 0.1) is 17.1 Å². The zero-order valence-corrected chi connectivity index (χ0v) is 16.6. The molecule has 8 heteroatoms. The molecule has 3 aromatic rings. The number of sulfonamides is 1. The summed E-state index contributed by atoms with van der Waals surface area (Å²) < 4.78 is 29.4. The molecule has 0 amide bonds. The summed E-state index contributed by atoms with van der Waals surface area (Å²) in [6.45, 7) is 3.53. The van der Waals surface area contributed by atoms with Gasteiger partial charge in [0.25, 0.3) is 0 Å². The van der Waals surface area contributed by atoms with E-state index in [1.807, 2.05) is 38.1 Å². The molecular formula is C20H23N3O4S. The molecule has 0 unspecified atom stereocenters. The van der Waals surface area contributed by atoms with Crippen LogP contribution in [0.4, 0.5) is 11.4 Å². The summed E-state index contributed by atoms with van der Waals surface area (Å²) in [5.41, 5.74) is 9.95. The summed E-state index contributed by atoms with van der Waals surface area (Å²) in [5, 5.41) is 10.1. The summed E-state index contributed by atoms with van der Waals surface area (Å²) in [5.74, 6) is -1.08. The van der Waals surface area contributed by atoms with Crippen LogP contribution in [-0.4, -0.2) is 29.8 Å². The van der Waals surface area contributed by atoms with Gasteiger partial charge in [-0.25, -0.2) is 8.42 Å². The number of nitrogen functional groups attached to an aromatic ring is 1. The van der Waals surface area contributed by atoms with Gasteiger partial charge in [0.1, 0.15) is 6.54 Å². The summed E-state index contributed by atoms with van der Waals surface area (Å²) in [6.07, 6.45) is 0.264. The van der Waals surface area contributed by atoms with E-state index in [9.17, 15) is 18.3 Å². The summed E-state index contributed by atoms with van der Waals surface area (Å²) >= 11 is 0. The van der Waals surface area contributed by atoms with Gasteiger partial charge in [0.2, 0.25) is 10.0 Å². The van der Waals surface area contributed by atoms with Crippen LogP contribution in [0.15, 0.2) is 42.5 Å². The molecule has 0 fully saturated rings. The quantitative estimate of drug-likeness (QED) is 0.527. The lowest BCUT2D eigenvalue weighted by atomic mass is 10.1. The van der Waals surface area contributed by atoms with Crippen LogP contribution in [0.5, 0.6) is 0 Å². The molecule has 1 heterocycles. The highest BCUT2D eigenvalue weighted by Crippen LogP contribution is 2.27. The Labute approximate surface area is 163 Å². The summed E-state index contributed by atoms with van der Waals surface area (Å²) in [6, 6.07) is 12.6. The van der Waals surface area contributed by atoms with Crippen molar-refractivity contribution < 1.29 is 18.3 Å². The highest BCUT2D eigenvalue weighted by molar-refractivity contribution is 7.92. The van der Waals surface area contributed by atoms with Crippen molar-refractivity contribution in [1.82, 2.24) is 4.57 Å². The number of aryl methyl sites for hydroxylation is 2. The molecule has 3 rings (SSSR count). The average Bonchev–Trinajstić information content (AvgIpc) is 2.87. The van der Waals surface area contributed by atoms with Crippen molar-refractivity contribution in [1.29, 1.82) is 0 Å². The second kappa shape index (κ2) is 7.55. The molecule has 28 heavy (non-hydrogen) atoms. The average molecular weight is 401 g/mol. The number of hydrogen-bond donors (Lipinski definition) is 3. The number of nitrogens with one attached hydrogen (secondary N) is 1. The first-order valence-corrected chi connectivity index (χ1v) is 10.5. The molecule has 0 radical (unpaired) electrons. The van der Waals surface area contributed by atoms with Gasteiger partial charge in [-0.2, -0.15) is 0 Å². The maximum absolute atomic E-state index is 12.6. The largest absolute Gasteiger partial charge is 0.480 e. The normalized spacial score (nSPS) is 11.6. The zero-order chi connectivity index (χ0) is 20.5. The molecule has 4 N–H and O–H groups in total. The molecule has 7 nitrogen and oxygen atoms in total. The number of nitrogens with zero attached hydrogens (tertiary/aromatic N) is 1. The van der Waals surface area contributed by atoms with Crippen LogP contribution < -0.4 is 10.5 Å². The molecule has 2 aromatic carbocycles. The van der Waals surface area contributed by atoms with Crippen molar-refractivity contribution in [2.75, 3.05) is 16.2 Å². The number of rotatable bonds is 7. The standard InChI is InChI=1S/C20H23N3O4S/c1-13-7-8-18(17(21)11-13)22-28(26,27)10-9-15-14(2)23(12-20(24)25)19-6-4-3-5-16(15)19/h3-8,11,22H,9-10,12,21H2,1-2H3,(H,24,25). The van der Waals surface area contributed by atoms with Crippen molar-refractivity contribution in [3.63, 3.8) is 0 Å². The molecule has 0 bridgehead atoms. The Kier molecular flexibility index (Phi) is 5.33. The first-order chi connectivity index (χ1) is 13.2. The zero-order valence-electron chi connectivity index (χ0n) is 15.8. The number of carboxylic acid groups (broad SMARTS) is 1. The van der Waals surface area contributed by atoms with E-state index >= 15 is 0 Å². The van der Waals surface area contributed by atoms with Gasteiger partial charge in [-0.3, -0.25) is 9.52 Å². The van der Waals surface area contributed by atoms with Gasteiger partial charge >= 0.3 is 5.97 Å². The minimum Gasteiger partial charge on any atom is -0.480 e. The van der Waals surface area contributed by atoms with Crippen LogP contribution in [0.2, 0.25) is 0 Å². The number of aromatic nitrogens is 1. The molecule has 1 aromatic heterocycles. The second-order valence-corrected chi connectivity index (χ2v) is 8.66. The molecule has 0 saturated heterocycles. The molecule has 148 valence electrons. The van der Waals surface area contributed by atoms with E-state index in [-0.39, 0.29) is 18.7 Å². The third kappa shape index (κ3) is 4.12. The van der Waals surface area contributed by atoms with Crippen LogP contribution in [0.1, 0.15) is 16.8 Å². The van der Waals surface area contributed by atoms with Crippen molar-refractivity contribution in [3.05, 3.63) is 59.3 Å². The molecule has 0 saturated carbocycles. The van der Waals surface area contributed by atoms with E-state index in [2.05, 4.69) is 4.72 Å². The number of benzene rings is 2. The van der Waals surface area contributed by atoms with E-state index in [4.69, 9.17) is 5.73 Å². The van der Waals surface area contributed by atoms with Crippen molar-refractivity contribution in [3.8, 4) is 0 Å². The Hall–Kier alpha value is -3.00. The Morgan fingerprint density at radius 1 is 1.18 bits per heavy atom. The van der Waals surface area contributed by atoms with Crippen LogP contribution >= 0.6 is 0 Å². The molecule has 0 atom stereocenters. The number of carbonyl (C=O) groups is 1. The minimum atomic E-state index is -3.62. The van der Waals surface area contributed by atoms with Crippen LogP contribution in [0.25, 0.3) is 10.9 Å². The third-order valence-electron chi connectivity index (χ3n) is 4.75. The molecular weight excluding hydrogens is 378 g/mol. The highest BCUT2D eigenvalue weighted by atomic mass is 32.2. The summed E-state index contributed by atoms with van der Waals surface area (Å²) in [7, 11) is -3.62. The van der Waals surface area contributed by atoms with E-state index in [0.29, 0.717) is 11.4 Å². The Balaban J connectivity index is 1.86. The van der Waals surface area contributed by atoms with E-state index in [1.165, 1.54) is 0 Å². The van der Waals surface area contributed by atoms with Gasteiger partial charge in [-0.05, 0) is 49.6 Å². The fourth-order valence-corrected chi connectivity index (χ4v) is 4.48. The monoisotopic (exact) mass is 401 g/mol. The maximum atomic E-state index is 12.6. The third-order valence-corrected chi connectivity index (χ3v) is 6.02. The number of nitrogens with two attached hydrogens (primary N) is 1. The highest BCUT2D eigenvalue weighted by Gasteiger charge is 2.19. The van der Waals surface area contributed by atoms with Gasteiger partial charge in [-0.1, -0.05) is 24.3 Å². The van der Waals surface area contributed by atoms with Gasteiger partial charge in [0.15, 0.2) is 0 Å². The maximum Gasteiger partial charge on any atom is 0.323 e. The van der Waals surface area contributed by atoms with E-state index in [0.717, 1.165) is 27.7 Å². The number of hydrogen-bond acceptors (Lipinski definition) is 4. The lowest BCUT2D eigenvalue weighted by Gasteiger charge is -2.11. The predicted octanol–water partition coefficient (Wildman–Crippen LogP) is 2.91. The van der Waals surface area contributed by atoms with Crippen molar-refractivity contribution >= 4 is 38.3 Å².